The Labute approximate surface area is 142 Å². The summed E-state index contributed by atoms with van der Waals surface area (Å²) in [4.78, 5) is 31.9. The molecule has 0 atom stereocenters. The quantitative estimate of drug-likeness (QED) is 0.905. The van der Waals surface area contributed by atoms with Crippen molar-refractivity contribution in [2.24, 2.45) is 0 Å². The number of hydrogen-bond acceptors (Lipinski definition) is 4. The van der Waals surface area contributed by atoms with Gasteiger partial charge in [0.2, 0.25) is 0 Å². The lowest BCUT2D eigenvalue weighted by molar-refractivity contribution is 0.0666. The number of halogens is 1. The molecule has 8 heteroatoms. The molecular formula is C15H15ClN4O2S. The Morgan fingerprint density at radius 1 is 1.09 bits per heavy atom. The van der Waals surface area contributed by atoms with Crippen molar-refractivity contribution >= 4 is 40.6 Å². The maximum Gasteiger partial charge on any atom is 0.321 e. The summed E-state index contributed by atoms with van der Waals surface area (Å²) in [5.74, 6) is -0.0796. The van der Waals surface area contributed by atoms with Gasteiger partial charge in [-0.1, -0.05) is 11.6 Å². The molecule has 1 aromatic heterocycles. The molecule has 2 heterocycles. The van der Waals surface area contributed by atoms with Crippen molar-refractivity contribution in [3.8, 4) is 0 Å². The third kappa shape index (κ3) is 3.80. The van der Waals surface area contributed by atoms with Gasteiger partial charge in [0, 0.05) is 42.3 Å². The number of anilines is 1. The summed E-state index contributed by atoms with van der Waals surface area (Å²) in [6.07, 6.45) is 0. The van der Waals surface area contributed by atoms with Crippen LogP contribution >= 0.6 is 22.9 Å². The van der Waals surface area contributed by atoms with Crippen LogP contribution in [0, 0.1) is 0 Å². The molecule has 23 heavy (non-hydrogen) atoms. The second-order valence-corrected chi connectivity index (χ2v) is 6.25. The molecule has 0 radical (unpaired) electrons. The largest absolute Gasteiger partial charge is 0.334 e. The molecule has 0 saturated carbocycles. The first kappa shape index (κ1) is 15.8. The molecular weight excluding hydrogens is 336 g/mol. The number of urea groups is 1. The van der Waals surface area contributed by atoms with E-state index in [1.54, 1.807) is 45.0 Å². The molecule has 6 nitrogen and oxygen atoms in total. The summed E-state index contributed by atoms with van der Waals surface area (Å²) < 4.78 is 0. The van der Waals surface area contributed by atoms with Crippen molar-refractivity contribution in [3.05, 3.63) is 45.9 Å². The summed E-state index contributed by atoms with van der Waals surface area (Å²) in [7, 11) is 0. The van der Waals surface area contributed by atoms with Crippen molar-refractivity contribution in [1.29, 1.82) is 0 Å². The van der Waals surface area contributed by atoms with Crippen molar-refractivity contribution in [1.82, 2.24) is 14.8 Å². The molecule has 120 valence electrons. The molecule has 0 spiro atoms. The van der Waals surface area contributed by atoms with E-state index in [2.05, 4.69) is 10.3 Å². The molecule has 3 amide bonds. The molecule has 0 bridgehead atoms. The monoisotopic (exact) mass is 350 g/mol. The van der Waals surface area contributed by atoms with Gasteiger partial charge in [0.1, 0.15) is 5.69 Å². The first-order chi connectivity index (χ1) is 11.1. The highest BCUT2D eigenvalue weighted by atomic mass is 35.5. The zero-order valence-corrected chi connectivity index (χ0v) is 13.8. The molecule has 0 aliphatic carbocycles. The summed E-state index contributed by atoms with van der Waals surface area (Å²) in [6.45, 7) is 2.00. The highest BCUT2D eigenvalue weighted by Crippen LogP contribution is 2.15. The third-order valence-corrected chi connectivity index (χ3v) is 4.44. The Morgan fingerprint density at radius 3 is 2.35 bits per heavy atom. The minimum atomic E-state index is -0.173. The molecule has 1 aliphatic rings. The third-order valence-electron chi connectivity index (χ3n) is 3.60. The molecule has 1 N–H and O–H groups in total. The van der Waals surface area contributed by atoms with E-state index in [0.717, 1.165) is 0 Å². The van der Waals surface area contributed by atoms with Crippen LogP contribution in [0.3, 0.4) is 0 Å². The Kier molecular flexibility index (Phi) is 4.78. The van der Waals surface area contributed by atoms with E-state index in [4.69, 9.17) is 11.6 Å². The molecule has 1 aliphatic heterocycles. The van der Waals surface area contributed by atoms with Crippen LogP contribution in [0.2, 0.25) is 5.02 Å². The lowest BCUT2D eigenvalue weighted by atomic mass is 10.3. The Hall–Kier alpha value is -2.12. The first-order valence-corrected chi connectivity index (χ1v) is 8.44. The fourth-order valence-electron chi connectivity index (χ4n) is 2.33. The lowest BCUT2D eigenvalue weighted by Gasteiger charge is -2.34. The maximum absolute atomic E-state index is 12.2. The molecule has 1 aromatic carbocycles. The van der Waals surface area contributed by atoms with E-state index >= 15 is 0 Å². The van der Waals surface area contributed by atoms with Crippen LogP contribution < -0.4 is 5.32 Å². The second kappa shape index (κ2) is 6.97. The van der Waals surface area contributed by atoms with Crippen LogP contribution in [0.25, 0.3) is 0 Å². The summed E-state index contributed by atoms with van der Waals surface area (Å²) in [6, 6.07) is 6.78. The van der Waals surface area contributed by atoms with Gasteiger partial charge in [0.15, 0.2) is 0 Å². The maximum atomic E-state index is 12.2. The average Bonchev–Trinajstić information content (AvgIpc) is 3.11. The number of carbonyl (C=O) groups is 2. The van der Waals surface area contributed by atoms with Crippen molar-refractivity contribution in [3.63, 3.8) is 0 Å². The standard InChI is InChI=1S/C15H15ClN4O2S/c16-11-1-3-12(4-2-11)18-15(22)20-7-5-19(6-8-20)14(21)13-9-23-10-17-13/h1-4,9-10H,5-8H2,(H,18,22). The van der Waals surface area contributed by atoms with Gasteiger partial charge in [0.05, 0.1) is 5.51 Å². The van der Waals surface area contributed by atoms with Crippen LogP contribution in [-0.4, -0.2) is 52.9 Å². The zero-order valence-electron chi connectivity index (χ0n) is 12.2. The van der Waals surface area contributed by atoms with E-state index in [1.165, 1.54) is 11.3 Å². The molecule has 2 aromatic rings. The Morgan fingerprint density at radius 2 is 1.74 bits per heavy atom. The Bertz CT molecular complexity index is 682. The summed E-state index contributed by atoms with van der Waals surface area (Å²) in [5, 5.41) is 5.19. The number of amides is 3. The molecule has 0 unspecified atom stereocenters. The van der Waals surface area contributed by atoms with Gasteiger partial charge in [-0.3, -0.25) is 4.79 Å². The molecule has 3 rings (SSSR count). The normalized spacial score (nSPS) is 14.7. The van der Waals surface area contributed by atoms with Crippen molar-refractivity contribution in [2.45, 2.75) is 0 Å². The van der Waals surface area contributed by atoms with Gasteiger partial charge < -0.3 is 15.1 Å². The van der Waals surface area contributed by atoms with Crippen LogP contribution in [0.4, 0.5) is 10.5 Å². The minimum Gasteiger partial charge on any atom is -0.334 e. The van der Waals surface area contributed by atoms with Gasteiger partial charge in [-0.25, -0.2) is 9.78 Å². The fraction of sp³-hybridized carbons (Fsp3) is 0.267. The van der Waals surface area contributed by atoms with E-state index in [1.807, 2.05) is 0 Å². The SMILES string of the molecule is O=C(Nc1ccc(Cl)cc1)N1CCN(C(=O)c2cscn2)CC1. The predicted molar refractivity (Wildman–Crippen MR) is 90.1 cm³/mol. The van der Waals surface area contributed by atoms with Crippen molar-refractivity contribution in [2.75, 3.05) is 31.5 Å². The van der Waals surface area contributed by atoms with Crippen molar-refractivity contribution < 1.29 is 9.59 Å². The predicted octanol–water partition coefficient (Wildman–Crippen LogP) is 2.79. The van der Waals surface area contributed by atoms with Gasteiger partial charge in [0.25, 0.3) is 5.91 Å². The van der Waals surface area contributed by atoms with Crippen LogP contribution in [-0.2, 0) is 0 Å². The average molecular weight is 351 g/mol. The molecule has 1 saturated heterocycles. The molecule has 1 fully saturated rings. The van der Waals surface area contributed by atoms with E-state index in [0.29, 0.717) is 42.6 Å². The number of rotatable bonds is 2. The summed E-state index contributed by atoms with van der Waals surface area (Å²) >= 11 is 7.22. The van der Waals surface area contributed by atoms with Gasteiger partial charge in [-0.15, -0.1) is 11.3 Å². The van der Waals surface area contributed by atoms with Crippen LogP contribution in [0.15, 0.2) is 35.2 Å². The highest BCUT2D eigenvalue weighted by Gasteiger charge is 2.25. The van der Waals surface area contributed by atoms with E-state index in [9.17, 15) is 9.59 Å². The number of piperazine rings is 1. The first-order valence-electron chi connectivity index (χ1n) is 7.12. The fourth-order valence-corrected chi connectivity index (χ4v) is 2.98. The van der Waals surface area contributed by atoms with E-state index < -0.39 is 0 Å². The zero-order chi connectivity index (χ0) is 16.2. The number of benzene rings is 1. The highest BCUT2D eigenvalue weighted by molar-refractivity contribution is 7.07. The number of nitrogens with one attached hydrogen (secondary N) is 1. The Balaban J connectivity index is 1.53. The van der Waals surface area contributed by atoms with Gasteiger partial charge >= 0.3 is 6.03 Å². The lowest BCUT2D eigenvalue weighted by Crippen LogP contribution is -2.51. The number of thiazole rings is 1. The van der Waals surface area contributed by atoms with Gasteiger partial charge in [-0.05, 0) is 24.3 Å². The number of nitrogens with zero attached hydrogens (tertiary/aromatic N) is 3. The smallest absolute Gasteiger partial charge is 0.321 e. The van der Waals surface area contributed by atoms with E-state index in [-0.39, 0.29) is 11.9 Å². The van der Waals surface area contributed by atoms with Crippen LogP contribution in [0.1, 0.15) is 10.5 Å². The minimum absolute atomic E-state index is 0.0796. The number of hydrogen-bond donors (Lipinski definition) is 1. The number of aromatic nitrogens is 1. The second-order valence-electron chi connectivity index (χ2n) is 5.09. The topological polar surface area (TPSA) is 65.5 Å². The summed E-state index contributed by atoms with van der Waals surface area (Å²) in [5.41, 5.74) is 2.80. The number of carbonyl (C=O) groups excluding carboxylic acids is 2. The van der Waals surface area contributed by atoms with Crippen LogP contribution in [0.5, 0.6) is 0 Å². The van der Waals surface area contributed by atoms with Gasteiger partial charge in [-0.2, -0.15) is 0 Å².